The highest BCUT2D eigenvalue weighted by atomic mass is 19.4. The standard InChI is InChI=1S/C13H18F3N3O/c1-19(6-3-7-20-2)9-4-5-10(12(17)18)11(8-9)13(14,15)16/h4-5,8H,3,6-7H2,1-2H3,(H3,17,18). The first-order valence-electron chi connectivity index (χ1n) is 6.03. The Bertz CT molecular complexity index is 474. The highest BCUT2D eigenvalue weighted by Gasteiger charge is 2.34. The summed E-state index contributed by atoms with van der Waals surface area (Å²) >= 11 is 0. The molecule has 0 aliphatic carbocycles. The van der Waals surface area contributed by atoms with Gasteiger partial charge in [-0.25, -0.2) is 0 Å². The minimum atomic E-state index is -4.54. The van der Waals surface area contributed by atoms with E-state index in [1.165, 1.54) is 12.1 Å². The number of nitrogen functional groups attached to an aromatic ring is 1. The molecule has 0 heterocycles. The molecule has 0 aromatic heterocycles. The molecule has 0 fully saturated rings. The summed E-state index contributed by atoms with van der Waals surface area (Å²) in [6, 6.07) is 3.77. The smallest absolute Gasteiger partial charge is 0.385 e. The predicted octanol–water partition coefficient (Wildman–Crippen LogP) is 2.46. The average Bonchev–Trinajstić information content (AvgIpc) is 2.37. The fourth-order valence-corrected chi connectivity index (χ4v) is 1.81. The first kappa shape index (κ1) is 16.3. The first-order valence-corrected chi connectivity index (χ1v) is 6.03. The highest BCUT2D eigenvalue weighted by Crippen LogP contribution is 2.34. The first-order chi connectivity index (χ1) is 9.27. The Kier molecular flexibility index (Phi) is 5.38. The molecule has 0 bridgehead atoms. The lowest BCUT2D eigenvalue weighted by Crippen LogP contribution is -2.23. The van der Waals surface area contributed by atoms with Gasteiger partial charge in [-0.2, -0.15) is 13.2 Å². The van der Waals surface area contributed by atoms with Gasteiger partial charge in [0.05, 0.1) is 5.56 Å². The fourth-order valence-electron chi connectivity index (χ4n) is 1.81. The van der Waals surface area contributed by atoms with Crippen molar-refractivity contribution in [2.24, 2.45) is 5.73 Å². The topological polar surface area (TPSA) is 62.3 Å². The van der Waals surface area contributed by atoms with E-state index in [2.05, 4.69) is 0 Å². The fraction of sp³-hybridized carbons (Fsp3) is 0.462. The van der Waals surface area contributed by atoms with Gasteiger partial charge in [0.25, 0.3) is 0 Å². The van der Waals surface area contributed by atoms with Crippen LogP contribution in [0.2, 0.25) is 0 Å². The number of methoxy groups -OCH3 is 1. The Hall–Kier alpha value is -1.76. The van der Waals surface area contributed by atoms with Crippen molar-refractivity contribution in [3.8, 4) is 0 Å². The van der Waals surface area contributed by atoms with Crippen LogP contribution in [0, 0.1) is 5.41 Å². The van der Waals surface area contributed by atoms with E-state index in [-0.39, 0.29) is 5.56 Å². The van der Waals surface area contributed by atoms with Gasteiger partial charge in [0, 0.05) is 38.6 Å². The van der Waals surface area contributed by atoms with Crippen molar-refractivity contribution in [2.45, 2.75) is 12.6 Å². The summed E-state index contributed by atoms with van der Waals surface area (Å²) < 4.78 is 43.8. The number of hydrogen-bond donors (Lipinski definition) is 2. The number of benzene rings is 1. The number of alkyl halides is 3. The van der Waals surface area contributed by atoms with Crippen LogP contribution in [0.5, 0.6) is 0 Å². The zero-order valence-corrected chi connectivity index (χ0v) is 11.4. The molecule has 3 N–H and O–H groups in total. The van der Waals surface area contributed by atoms with E-state index < -0.39 is 17.6 Å². The van der Waals surface area contributed by atoms with Crippen molar-refractivity contribution in [3.63, 3.8) is 0 Å². The number of nitrogens with one attached hydrogen (secondary N) is 1. The molecular weight excluding hydrogens is 271 g/mol. The second kappa shape index (κ2) is 6.60. The molecule has 4 nitrogen and oxygen atoms in total. The van der Waals surface area contributed by atoms with Crippen molar-refractivity contribution in [3.05, 3.63) is 29.3 Å². The number of rotatable bonds is 6. The van der Waals surface area contributed by atoms with Crippen molar-refractivity contribution in [2.75, 3.05) is 32.2 Å². The molecule has 0 aliphatic rings. The quantitative estimate of drug-likeness (QED) is 0.480. The summed E-state index contributed by atoms with van der Waals surface area (Å²) in [5.41, 5.74) is 4.43. The van der Waals surface area contributed by atoms with Crippen molar-refractivity contribution >= 4 is 11.5 Å². The Morgan fingerprint density at radius 1 is 1.40 bits per heavy atom. The van der Waals surface area contributed by atoms with E-state index in [9.17, 15) is 13.2 Å². The van der Waals surface area contributed by atoms with Gasteiger partial charge < -0.3 is 15.4 Å². The Morgan fingerprint density at radius 2 is 2.05 bits per heavy atom. The molecule has 0 amide bonds. The highest BCUT2D eigenvalue weighted by molar-refractivity contribution is 5.97. The maximum atomic E-state index is 13.0. The van der Waals surface area contributed by atoms with Gasteiger partial charge >= 0.3 is 6.18 Å². The van der Waals surface area contributed by atoms with Crippen molar-refractivity contribution < 1.29 is 17.9 Å². The van der Waals surface area contributed by atoms with Gasteiger partial charge in [0.1, 0.15) is 5.84 Å². The Balaban J connectivity index is 3.03. The number of anilines is 1. The van der Waals surface area contributed by atoms with Crippen molar-refractivity contribution in [1.82, 2.24) is 0 Å². The van der Waals surface area contributed by atoms with Gasteiger partial charge in [-0.05, 0) is 24.6 Å². The van der Waals surface area contributed by atoms with Crippen LogP contribution < -0.4 is 10.6 Å². The Labute approximate surface area is 115 Å². The molecule has 1 aromatic rings. The molecular formula is C13H18F3N3O. The van der Waals surface area contributed by atoms with Gasteiger partial charge in [-0.15, -0.1) is 0 Å². The molecule has 0 atom stereocenters. The maximum absolute atomic E-state index is 13.0. The molecule has 112 valence electrons. The summed E-state index contributed by atoms with van der Waals surface area (Å²) in [5, 5.41) is 7.22. The zero-order valence-electron chi connectivity index (χ0n) is 11.4. The average molecular weight is 289 g/mol. The maximum Gasteiger partial charge on any atom is 0.417 e. The number of ether oxygens (including phenoxy) is 1. The molecule has 1 rings (SSSR count). The number of amidine groups is 1. The molecule has 0 spiro atoms. The minimum Gasteiger partial charge on any atom is -0.385 e. The summed E-state index contributed by atoms with van der Waals surface area (Å²) in [4.78, 5) is 1.71. The lowest BCUT2D eigenvalue weighted by atomic mass is 10.0. The number of nitrogens with two attached hydrogens (primary N) is 1. The van der Waals surface area contributed by atoms with E-state index in [0.717, 1.165) is 6.07 Å². The third kappa shape index (κ3) is 4.12. The molecule has 7 heteroatoms. The van der Waals surface area contributed by atoms with Crippen LogP contribution in [0.15, 0.2) is 18.2 Å². The van der Waals surface area contributed by atoms with E-state index >= 15 is 0 Å². The van der Waals surface area contributed by atoms with Crippen LogP contribution in [0.3, 0.4) is 0 Å². The van der Waals surface area contributed by atoms with Crippen LogP contribution >= 0.6 is 0 Å². The predicted molar refractivity (Wildman–Crippen MR) is 72.2 cm³/mol. The lowest BCUT2D eigenvalue weighted by molar-refractivity contribution is -0.137. The van der Waals surface area contributed by atoms with Gasteiger partial charge in [-0.1, -0.05) is 0 Å². The van der Waals surface area contributed by atoms with E-state index in [1.807, 2.05) is 0 Å². The minimum absolute atomic E-state index is 0.299. The molecule has 0 aliphatic heterocycles. The van der Waals surface area contributed by atoms with Gasteiger partial charge in [0.2, 0.25) is 0 Å². The second-order valence-electron chi connectivity index (χ2n) is 4.41. The zero-order chi connectivity index (χ0) is 15.3. The normalized spacial score (nSPS) is 11.4. The SMILES string of the molecule is COCCCN(C)c1ccc(C(=N)N)c(C(F)(F)F)c1. The van der Waals surface area contributed by atoms with Crippen LogP contribution in [0.4, 0.5) is 18.9 Å². The van der Waals surface area contributed by atoms with Crippen molar-refractivity contribution in [1.29, 1.82) is 5.41 Å². The largest absolute Gasteiger partial charge is 0.417 e. The number of nitrogens with zero attached hydrogens (tertiary/aromatic N) is 1. The van der Waals surface area contributed by atoms with Gasteiger partial charge in [-0.3, -0.25) is 5.41 Å². The molecule has 0 saturated carbocycles. The Morgan fingerprint density at radius 3 is 2.55 bits per heavy atom. The second-order valence-corrected chi connectivity index (χ2v) is 4.41. The summed E-state index contributed by atoms with van der Waals surface area (Å²) in [5.74, 6) is -0.592. The summed E-state index contributed by atoms with van der Waals surface area (Å²) in [7, 11) is 3.28. The van der Waals surface area contributed by atoms with Crippen LogP contribution in [0.25, 0.3) is 0 Å². The lowest BCUT2D eigenvalue weighted by Gasteiger charge is -2.21. The summed E-state index contributed by atoms with van der Waals surface area (Å²) in [6.07, 6.45) is -3.83. The molecule has 0 saturated heterocycles. The van der Waals surface area contributed by atoms with E-state index in [4.69, 9.17) is 15.9 Å². The summed E-state index contributed by atoms with van der Waals surface area (Å²) in [6.45, 7) is 1.12. The third-order valence-corrected chi connectivity index (χ3v) is 2.88. The number of halogens is 3. The van der Waals surface area contributed by atoms with E-state index in [0.29, 0.717) is 25.3 Å². The molecule has 0 radical (unpaired) electrons. The van der Waals surface area contributed by atoms with Gasteiger partial charge in [0.15, 0.2) is 0 Å². The van der Waals surface area contributed by atoms with E-state index in [1.54, 1.807) is 19.1 Å². The molecule has 0 unspecified atom stereocenters. The molecule has 1 aromatic carbocycles. The van der Waals surface area contributed by atoms with Crippen LogP contribution in [-0.2, 0) is 10.9 Å². The van der Waals surface area contributed by atoms with Crippen LogP contribution in [0.1, 0.15) is 17.5 Å². The molecule has 20 heavy (non-hydrogen) atoms. The van der Waals surface area contributed by atoms with Crippen LogP contribution in [-0.4, -0.2) is 33.1 Å². The monoisotopic (exact) mass is 289 g/mol. The third-order valence-electron chi connectivity index (χ3n) is 2.88. The number of hydrogen-bond acceptors (Lipinski definition) is 3.